The first-order valence-corrected chi connectivity index (χ1v) is 7.56. The fourth-order valence-corrected chi connectivity index (χ4v) is 2.12. The molecule has 1 amide bonds. The third-order valence-electron chi connectivity index (χ3n) is 3.09. The number of hydrogen-bond donors (Lipinski definition) is 1. The van der Waals surface area contributed by atoms with Crippen LogP contribution in [-0.4, -0.2) is 21.6 Å². The number of aryl methyl sites for hydroxylation is 1. The van der Waals surface area contributed by atoms with Crippen molar-refractivity contribution in [2.45, 2.75) is 12.7 Å². The number of halogens is 4. The molecule has 2 aromatic rings. The number of nitriles is 1. The Labute approximate surface area is 146 Å². The molecule has 5 nitrogen and oxygen atoms in total. The van der Waals surface area contributed by atoms with Gasteiger partial charge in [0, 0.05) is 23.3 Å². The summed E-state index contributed by atoms with van der Waals surface area (Å²) in [6.07, 6.45) is -0.189. The third-order valence-corrected chi connectivity index (χ3v) is 3.26. The molecule has 130 valence electrons. The van der Waals surface area contributed by atoms with Gasteiger partial charge in [-0.05, 0) is 24.3 Å². The van der Waals surface area contributed by atoms with E-state index in [9.17, 15) is 18.0 Å². The summed E-state index contributed by atoms with van der Waals surface area (Å²) >= 11 is 5.59. The number of carbonyl (C=O) groups excluding carboxylic acids is 1. The maximum atomic E-state index is 12.7. The summed E-state index contributed by atoms with van der Waals surface area (Å²) in [7, 11) is 0. The smallest absolute Gasteiger partial charge is 0.321 e. The predicted octanol–water partition coefficient (Wildman–Crippen LogP) is 3.69. The normalized spacial score (nSPS) is 11.9. The lowest BCUT2D eigenvalue weighted by atomic mass is 10.1. The van der Waals surface area contributed by atoms with E-state index >= 15 is 0 Å². The van der Waals surface area contributed by atoms with Gasteiger partial charge < -0.3 is 5.32 Å². The fourth-order valence-electron chi connectivity index (χ4n) is 1.95. The highest BCUT2D eigenvalue weighted by molar-refractivity contribution is 6.17. The van der Waals surface area contributed by atoms with Crippen LogP contribution in [0.1, 0.15) is 11.1 Å². The van der Waals surface area contributed by atoms with E-state index in [0.29, 0.717) is 18.0 Å². The van der Waals surface area contributed by atoms with Gasteiger partial charge in [-0.2, -0.15) is 23.5 Å². The molecule has 0 spiro atoms. The number of alkyl halides is 4. The van der Waals surface area contributed by atoms with E-state index in [-0.39, 0.29) is 11.3 Å². The number of rotatable bonds is 5. The van der Waals surface area contributed by atoms with Crippen molar-refractivity contribution in [2.24, 2.45) is 0 Å². The first kappa shape index (κ1) is 18.5. The van der Waals surface area contributed by atoms with Crippen LogP contribution in [0.15, 0.2) is 42.2 Å². The van der Waals surface area contributed by atoms with E-state index in [1.165, 1.54) is 24.4 Å². The Morgan fingerprint density at radius 3 is 2.84 bits per heavy atom. The van der Waals surface area contributed by atoms with E-state index in [1.54, 1.807) is 16.9 Å². The molecule has 1 heterocycles. The van der Waals surface area contributed by atoms with Gasteiger partial charge in [-0.15, -0.1) is 11.6 Å². The van der Waals surface area contributed by atoms with Gasteiger partial charge >= 0.3 is 6.18 Å². The first-order valence-electron chi connectivity index (χ1n) is 7.02. The van der Waals surface area contributed by atoms with E-state index in [4.69, 9.17) is 16.9 Å². The Kier molecular flexibility index (Phi) is 5.83. The number of carbonyl (C=O) groups is 1. The van der Waals surface area contributed by atoms with E-state index in [2.05, 4.69) is 10.4 Å². The molecule has 0 atom stereocenters. The van der Waals surface area contributed by atoms with Crippen LogP contribution in [0, 0.1) is 11.3 Å². The van der Waals surface area contributed by atoms with Crippen molar-refractivity contribution < 1.29 is 18.0 Å². The molecule has 0 saturated carbocycles. The van der Waals surface area contributed by atoms with Crippen LogP contribution in [0.2, 0.25) is 0 Å². The molecule has 0 aliphatic heterocycles. The highest BCUT2D eigenvalue weighted by Gasteiger charge is 2.30. The predicted molar refractivity (Wildman–Crippen MR) is 86.6 cm³/mol. The minimum absolute atomic E-state index is 0.0567. The minimum Gasteiger partial charge on any atom is -0.321 e. The van der Waals surface area contributed by atoms with Gasteiger partial charge in [-0.25, -0.2) is 0 Å². The van der Waals surface area contributed by atoms with Crippen molar-refractivity contribution in [1.82, 2.24) is 9.78 Å². The van der Waals surface area contributed by atoms with Crippen LogP contribution in [0.25, 0.3) is 6.08 Å². The summed E-state index contributed by atoms with van der Waals surface area (Å²) < 4.78 is 39.6. The fraction of sp³-hybridized carbons (Fsp3) is 0.188. The molecule has 0 radical (unpaired) electrons. The molecule has 25 heavy (non-hydrogen) atoms. The van der Waals surface area contributed by atoms with Gasteiger partial charge in [0.1, 0.15) is 11.6 Å². The molecule has 0 bridgehead atoms. The topological polar surface area (TPSA) is 70.7 Å². The second kappa shape index (κ2) is 7.85. The van der Waals surface area contributed by atoms with Crippen LogP contribution < -0.4 is 5.32 Å². The second-order valence-corrected chi connectivity index (χ2v) is 5.31. The lowest BCUT2D eigenvalue weighted by Gasteiger charge is -2.09. The van der Waals surface area contributed by atoms with Crippen molar-refractivity contribution in [3.63, 3.8) is 0 Å². The summed E-state index contributed by atoms with van der Waals surface area (Å²) in [6.45, 7) is 0.466. The number of benzene rings is 1. The van der Waals surface area contributed by atoms with Crippen molar-refractivity contribution in [3.8, 4) is 6.07 Å². The lowest BCUT2D eigenvalue weighted by molar-refractivity contribution is -0.137. The first-order chi connectivity index (χ1) is 11.8. The monoisotopic (exact) mass is 368 g/mol. The van der Waals surface area contributed by atoms with Gasteiger partial charge in [0.25, 0.3) is 5.91 Å². The quantitative estimate of drug-likeness (QED) is 0.497. The number of hydrogen-bond acceptors (Lipinski definition) is 3. The Morgan fingerprint density at radius 1 is 1.44 bits per heavy atom. The zero-order valence-electron chi connectivity index (χ0n) is 12.7. The Balaban J connectivity index is 2.17. The molecule has 0 fully saturated rings. The Bertz CT molecular complexity index is 836. The standard InChI is InChI=1S/C16H12ClF3N4O/c17-4-5-24-10-11(9-22-24)6-12(8-21)15(25)23-14-3-1-2-13(7-14)16(18,19)20/h1-3,6-7,9-10H,4-5H2,(H,23,25). The molecule has 0 aliphatic carbocycles. The molecule has 9 heteroatoms. The van der Waals surface area contributed by atoms with Crippen LogP contribution in [0.4, 0.5) is 18.9 Å². The van der Waals surface area contributed by atoms with Gasteiger partial charge in [0.15, 0.2) is 0 Å². The molecule has 0 unspecified atom stereocenters. The zero-order chi connectivity index (χ0) is 18.4. The van der Waals surface area contributed by atoms with Gasteiger partial charge in [0.2, 0.25) is 0 Å². The van der Waals surface area contributed by atoms with Crippen LogP contribution >= 0.6 is 11.6 Å². The lowest BCUT2D eigenvalue weighted by Crippen LogP contribution is -2.14. The van der Waals surface area contributed by atoms with Crippen molar-refractivity contribution in [1.29, 1.82) is 5.26 Å². The van der Waals surface area contributed by atoms with E-state index in [0.717, 1.165) is 12.1 Å². The third kappa shape index (κ3) is 5.09. The average molecular weight is 369 g/mol. The maximum absolute atomic E-state index is 12.7. The highest BCUT2D eigenvalue weighted by atomic mass is 35.5. The van der Waals surface area contributed by atoms with Crippen molar-refractivity contribution in [3.05, 3.63) is 53.4 Å². The molecular formula is C16H12ClF3N4O. The Morgan fingerprint density at radius 2 is 2.20 bits per heavy atom. The average Bonchev–Trinajstić information content (AvgIpc) is 2.99. The molecular weight excluding hydrogens is 357 g/mol. The molecule has 0 aliphatic rings. The highest BCUT2D eigenvalue weighted by Crippen LogP contribution is 2.30. The SMILES string of the molecule is N#CC(=Cc1cnn(CCCl)c1)C(=O)Nc1cccc(C(F)(F)F)c1. The number of anilines is 1. The summed E-state index contributed by atoms with van der Waals surface area (Å²) in [5, 5.41) is 15.4. The van der Waals surface area contributed by atoms with Crippen molar-refractivity contribution in [2.75, 3.05) is 11.2 Å². The van der Waals surface area contributed by atoms with Gasteiger partial charge in [-0.3, -0.25) is 9.48 Å². The largest absolute Gasteiger partial charge is 0.416 e. The maximum Gasteiger partial charge on any atom is 0.416 e. The van der Waals surface area contributed by atoms with E-state index in [1.807, 2.05) is 0 Å². The van der Waals surface area contributed by atoms with Gasteiger partial charge in [0.05, 0.1) is 18.3 Å². The van der Waals surface area contributed by atoms with Crippen molar-refractivity contribution >= 4 is 29.3 Å². The molecule has 0 saturated heterocycles. The minimum atomic E-state index is -4.52. The number of nitrogens with one attached hydrogen (secondary N) is 1. The van der Waals surface area contributed by atoms with Crippen LogP contribution in [0.5, 0.6) is 0 Å². The number of aromatic nitrogens is 2. The number of nitrogens with zero attached hydrogens (tertiary/aromatic N) is 3. The molecule has 1 aromatic heterocycles. The Hall–Kier alpha value is -2.79. The molecule has 1 aromatic carbocycles. The summed E-state index contributed by atoms with van der Waals surface area (Å²) in [6, 6.07) is 5.89. The molecule has 1 N–H and O–H groups in total. The second-order valence-electron chi connectivity index (χ2n) is 4.93. The zero-order valence-corrected chi connectivity index (χ0v) is 13.5. The van der Waals surface area contributed by atoms with Crippen LogP contribution in [-0.2, 0) is 17.5 Å². The van der Waals surface area contributed by atoms with Gasteiger partial charge in [-0.1, -0.05) is 6.07 Å². The molecule has 2 rings (SSSR count). The van der Waals surface area contributed by atoms with Crippen LogP contribution in [0.3, 0.4) is 0 Å². The summed E-state index contributed by atoms with van der Waals surface area (Å²) in [5.74, 6) is -0.460. The summed E-state index contributed by atoms with van der Waals surface area (Å²) in [4.78, 5) is 12.1. The number of amides is 1. The summed E-state index contributed by atoms with van der Waals surface area (Å²) in [5.41, 5.74) is -0.711. The van der Waals surface area contributed by atoms with E-state index < -0.39 is 17.6 Å².